The summed E-state index contributed by atoms with van der Waals surface area (Å²) in [6, 6.07) is -0.592. The highest BCUT2D eigenvalue weighted by Crippen LogP contribution is 2.44. The lowest BCUT2D eigenvalue weighted by atomic mass is 10.1. The van der Waals surface area contributed by atoms with Crippen LogP contribution in [0.15, 0.2) is 26.5 Å². The smallest absolute Gasteiger partial charge is 0.353 e. The third-order valence-electron chi connectivity index (χ3n) is 2.80. The maximum absolute atomic E-state index is 11.7. The monoisotopic (exact) mass is 315 g/mol. The summed E-state index contributed by atoms with van der Waals surface area (Å²) in [7, 11) is 0. The standard InChI is InChI=1S/C10H9N3O3S3/c11-5-7(14)13-6(9(15)16)4(3-18-8(5)13)19-10-12-1-2-17-10/h1-2,5,8H,3,11H2,(H,15,16)/t5-,8+/m1/s1. The van der Waals surface area contributed by atoms with Gasteiger partial charge in [-0.3, -0.25) is 9.69 Å². The Hall–Kier alpha value is -1.03. The molecule has 0 aliphatic carbocycles. The fourth-order valence-corrected chi connectivity index (χ4v) is 5.14. The highest BCUT2D eigenvalue weighted by Gasteiger charge is 2.51. The summed E-state index contributed by atoms with van der Waals surface area (Å²) in [4.78, 5) is 29.2. The maximum atomic E-state index is 11.7. The summed E-state index contributed by atoms with van der Waals surface area (Å²) in [6.45, 7) is 0. The number of nitrogens with zero attached hydrogens (tertiary/aromatic N) is 2. The van der Waals surface area contributed by atoms with E-state index in [1.165, 1.54) is 39.8 Å². The minimum atomic E-state index is -1.09. The molecule has 100 valence electrons. The fraction of sp³-hybridized carbons (Fsp3) is 0.300. The molecule has 9 heteroatoms. The number of thiazole rings is 1. The van der Waals surface area contributed by atoms with Gasteiger partial charge in [-0.15, -0.1) is 23.1 Å². The summed E-state index contributed by atoms with van der Waals surface area (Å²) >= 11 is 4.23. The van der Waals surface area contributed by atoms with Crippen LogP contribution in [0.5, 0.6) is 0 Å². The van der Waals surface area contributed by atoms with Crippen molar-refractivity contribution in [3.8, 4) is 0 Å². The van der Waals surface area contributed by atoms with Crippen LogP contribution in [0.4, 0.5) is 0 Å². The number of aliphatic carboxylic acids is 1. The van der Waals surface area contributed by atoms with Gasteiger partial charge in [0.15, 0.2) is 4.34 Å². The van der Waals surface area contributed by atoms with Gasteiger partial charge in [-0.1, -0.05) is 11.8 Å². The summed E-state index contributed by atoms with van der Waals surface area (Å²) in [5.74, 6) is -0.884. The van der Waals surface area contributed by atoms with Crippen molar-refractivity contribution >= 4 is 46.7 Å². The van der Waals surface area contributed by atoms with Gasteiger partial charge in [0.2, 0.25) is 5.91 Å². The third kappa shape index (κ3) is 2.06. The van der Waals surface area contributed by atoms with E-state index in [1.807, 2.05) is 5.38 Å². The first-order chi connectivity index (χ1) is 9.09. The predicted octanol–water partition coefficient (Wildman–Crippen LogP) is 0.774. The quantitative estimate of drug-likeness (QED) is 0.795. The van der Waals surface area contributed by atoms with E-state index in [4.69, 9.17) is 5.73 Å². The second kappa shape index (κ2) is 4.82. The number of β-lactam (4-membered cyclic amide) rings is 1. The molecular weight excluding hydrogens is 306 g/mol. The van der Waals surface area contributed by atoms with Crippen LogP contribution in [-0.2, 0) is 9.59 Å². The van der Waals surface area contributed by atoms with Crippen LogP contribution in [0.2, 0.25) is 0 Å². The number of fused-ring (bicyclic) bond motifs is 1. The first-order valence-electron chi connectivity index (χ1n) is 5.33. The molecule has 1 aromatic rings. The van der Waals surface area contributed by atoms with E-state index in [-0.39, 0.29) is 17.0 Å². The Balaban J connectivity index is 1.95. The lowest BCUT2D eigenvalue weighted by Gasteiger charge is -2.47. The molecule has 0 saturated carbocycles. The van der Waals surface area contributed by atoms with Crippen LogP contribution >= 0.6 is 34.9 Å². The Kier molecular flexibility index (Phi) is 3.29. The molecule has 6 nitrogen and oxygen atoms in total. The molecule has 0 bridgehead atoms. The summed E-state index contributed by atoms with van der Waals surface area (Å²) in [5, 5.41) is 10.9. The number of hydrogen-bond donors (Lipinski definition) is 2. The van der Waals surface area contributed by atoms with Gasteiger partial charge >= 0.3 is 5.97 Å². The van der Waals surface area contributed by atoms with Crippen molar-refractivity contribution in [1.29, 1.82) is 0 Å². The Morgan fingerprint density at radius 1 is 1.63 bits per heavy atom. The van der Waals surface area contributed by atoms with Crippen LogP contribution in [-0.4, -0.2) is 44.0 Å². The van der Waals surface area contributed by atoms with Gasteiger partial charge in [0.1, 0.15) is 17.1 Å². The minimum absolute atomic E-state index is 0.0515. The molecule has 2 atom stereocenters. The summed E-state index contributed by atoms with van der Waals surface area (Å²) in [5.41, 5.74) is 5.73. The van der Waals surface area contributed by atoms with E-state index in [2.05, 4.69) is 4.98 Å². The number of carbonyl (C=O) groups excluding carboxylic acids is 1. The molecule has 3 N–H and O–H groups in total. The molecule has 1 amide bonds. The second-order valence-corrected chi connectivity index (χ2v) is 7.25. The zero-order chi connectivity index (χ0) is 13.6. The Morgan fingerprint density at radius 3 is 3.05 bits per heavy atom. The van der Waals surface area contributed by atoms with Gasteiger partial charge in [0.05, 0.1) is 0 Å². The lowest BCUT2D eigenvalue weighted by Crippen LogP contribution is -2.68. The molecule has 2 aliphatic heterocycles. The van der Waals surface area contributed by atoms with Gasteiger partial charge in [0.25, 0.3) is 0 Å². The Labute approximate surface area is 121 Å². The van der Waals surface area contributed by atoms with E-state index >= 15 is 0 Å². The number of nitrogens with two attached hydrogens (primary N) is 1. The van der Waals surface area contributed by atoms with Crippen LogP contribution in [0.3, 0.4) is 0 Å². The van der Waals surface area contributed by atoms with Crippen LogP contribution in [0.1, 0.15) is 0 Å². The van der Waals surface area contributed by atoms with Crippen LogP contribution in [0, 0.1) is 0 Å². The van der Waals surface area contributed by atoms with Gasteiger partial charge in [0, 0.05) is 22.2 Å². The normalized spacial score (nSPS) is 26.2. The molecule has 0 aromatic carbocycles. The predicted molar refractivity (Wildman–Crippen MR) is 73.7 cm³/mol. The van der Waals surface area contributed by atoms with Gasteiger partial charge < -0.3 is 10.8 Å². The molecular formula is C10H9N3O3S3. The third-order valence-corrected chi connectivity index (χ3v) is 6.25. The number of carbonyl (C=O) groups is 2. The fourth-order valence-electron chi connectivity index (χ4n) is 1.93. The number of aromatic nitrogens is 1. The number of carboxylic acid groups (broad SMARTS) is 1. The number of amides is 1. The highest BCUT2D eigenvalue weighted by atomic mass is 32.2. The minimum Gasteiger partial charge on any atom is -0.477 e. The zero-order valence-corrected chi connectivity index (χ0v) is 11.9. The molecule has 1 fully saturated rings. The van der Waals surface area contributed by atoms with Crippen molar-refractivity contribution in [3.63, 3.8) is 0 Å². The Bertz CT molecular complexity index is 572. The van der Waals surface area contributed by atoms with E-state index in [1.54, 1.807) is 6.20 Å². The van der Waals surface area contributed by atoms with E-state index < -0.39 is 12.0 Å². The Morgan fingerprint density at radius 2 is 2.42 bits per heavy atom. The molecule has 0 unspecified atom stereocenters. The average molecular weight is 315 g/mol. The lowest BCUT2D eigenvalue weighted by molar-refractivity contribution is -0.147. The number of hydrogen-bond acceptors (Lipinski definition) is 7. The second-order valence-electron chi connectivity index (χ2n) is 3.91. The SMILES string of the molecule is N[C@@H]1C(=O)N2C(C(=O)O)=C(Sc3nccs3)CS[C@@H]12. The van der Waals surface area contributed by atoms with Crippen molar-refractivity contribution in [2.75, 3.05) is 5.75 Å². The topological polar surface area (TPSA) is 96.5 Å². The van der Waals surface area contributed by atoms with E-state index in [0.717, 1.165) is 4.34 Å². The number of carboxylic acids is 1. The molecule has 1 saturated heterocycles. The molecule has 2 aliphatic rings. The van der Waals surface area contributed by atoms with Crippen molar-refractivity contribution in [3.05, 3.63) is 22.2 Å². The molecule has 3 heterocycles. The first-order valence-corrected chi connectivity index (χ1v) is 8.08. The number of rotatable bonds is 3. The molecule has 3 rings (SSSR count). The number of thioether (sulfide) groups is 2. The van der Waals surface area contributed by atoms with Crippen molar-refractivity contribution in [2.45, 2.75) is 15.8 Å². The molecule has 19 heavy (non-hydrogen) atoms. The van der Waals surface area contributed by atoms with Gasteiger partial charge in [-0.2, -0.15) is 0 Å². The first kappa shape index (κ1) is 13.0. The maximum Gasteiger partial charge on any atom is 0.353 e. The largest absolute Gasteiger partial charge is 0.477 e. The zero-order valence-electron chi connectivity index (χ0n) is 9.48. The van der Waals surface area contributed by atoms with Crippen molar-refractivity contribution in [2.24, 2.45) is 5.73 Å². The van der Waals surface area contributed by atoms with Gasteiger partial charge in [-0.25, -0.2) is 9.78 Å². The summed E-state index contributed by atoms with van der Waals surface area (Å²) in [6.07, 6.45) is 1.66. The van der Waals surface area contributed by atoms with E-state index in [9.17, 15) is 14.7 Å². The van der Waals surface area contributed by atoms with Gasteiger partial charge in [-0.05, 0) is 0 Å². The van der Waals surface area contributed by atoms with Crippen LogP contribution in [0.25, 0.3) is 0 Å². The van der Waals surface area contributed by atoms with Crippen molar-refractivity contribution < 1.29 is 14.7 Å². The van der Waals surface area contributed by atoms with Crippen molar-refractivity contribution in [1.82, 2.24) is 9.88 Å². The molecule has 0 radical (unpaired) electrons. The van der Waals surface area contributed by atoms with E-state index in [0.29, 0.717) is 10.7 Å². The highest BCUT2D eigenvalue weighted by molar-refractivity contribution is 8.07. The average Bonchev–Trinajstić information content (AvgIpc) is 2.89. The molecule has 1 aromatic heterocycles. The van der Waals surface area contributed by atoms with Crippen LogP contribution < -0.4 is 5.73 Å². The summed E-state index contributed by atoms with van der Waals surface area (Å²) < 4.78 is 0.769. The molecule has 0 spiro atoms.